The molecule has 0 aromatic rings. The Hall–Kier alpha value is -0.360. The molecule has 0 radical (unpaired) electrons. The summed E-state index contributed by atoms with van der Waals surface area (Å²) < 4.78 is 15.0. The Morgan fingerprint density at radius 3 is 2.15 bits per heavy atom. The summed E-state index contributed by atoms with van der Waals surface area (Å²) in [4.78, 5) is 0. The van der Waals surface area contributed by atoms with E-state index in [1.165, 1.54) is 7.11 Å². The SMILES string of the molecule is CO[C@H]1O[C@H](CO)[C@@H](O)[C@@]1(O)[C@]1(O)CO[C@H](CO)[C@H]1O. The molecule has 2 aliphatic heterocycles. The van der Waals surface area contributed by atoms with Crippen molar-refractivity contribution in [1.29, 1.82) is 0 Å². The molecule has 0 bridgehead atoms. The van der Waals surface area contributed by atoms with Crippen LogP contribution in [0.5, 0.6) is 0 Å². The maximum absolute atomic E-state index is 10.7. The van der Waals surface area contributed by atoms with E-state index in [9.17, 15) is 20.4 Å². The molecule has 0 aromatic carbocycles. The van der Waals surface area contributed by atoms with Crippen molar-refractivity contribution in [1.82, 2.24) is 0 Å². The van der Waals surface area contributed by atoms with Crippen LogP contribution < -0.4 is 0 Å². The fraction of sp³-hybridized carbons (Fsp3) is 1.00. The fourth-order valence-corrected chi connectivity index (χ4v) is 2.82. The lowest BCUT2D eigenvalue weighted by atomic mass is 9.75. The van der Waals surface area contributed by atoms with E-state index in [0.717, 1.165) is 0 Å². The van der Waals surface area contributed by atoms with Crippen molar-refractivity contribution >= 4 is 0 Å². The lowest BCUT2D eigenvalue weighted by Gasteiger charge is -2.43. The molecule has 0 aliphatic carbocycles. The van der Waals surface area contributed by atoms with Gasteiger partial charge in [-0.1, -0.05) is 0 Å². The van der Waals surface area contributed by atoms with Crippen molar-refractivity contribution in [3.05, 3.63) is 0 Å². The fourth-order valence-electron chi connectivity index (χ4n) is 2.82. The summed E-state index contributed by atoms with van der Waals surface area (Å²) in [5.74, 6) is 0. The standard InChI is InChI=1S/C11H20O9/c1-18-9-11(17,8(15)6(3-13)20-9)10(16)4-19-5(2-12)7(10)14/h5-9,12-17H,2-4H2,1H3/t5-,6-,7-,8-,9+,10+,11+/m1/s1. The van der Waals surface area contributed by atoms with Gasteiger partial charge in [-0.25, -0.2) is 0 Å². The van der Waals surface area contributed by atoms with E-state index in [1.807, 2.05) is 0 Å². The minimum absolute atomic E-state index is 0.533. The smallest absolute Gasteiger partial charge is 0.192 e. The quantitative estimate of drug-likeness (QED) is 0.304. The molecule has 0 saturated carbocycles. The second kappa shape index (κ2) is 5.44. The van der Waals surface area contributed by atoms with Gasteiger partial charge in [-0.2, -0.15) is 0 Å². The van der Waals surface area contributed by atoms with E-state index >= 15 is 0 Å². The van der Waals surface area contributed by atoms with Crippen molar-refractivity contribution < 1.29 is 44.8 Å². The van der Waals surface area contributed by atoms with Gasteiger partial charge in [0.25, 0.3) is 0 Å². The van der Waals surface area contributed by atoms with Crippen LogP contribution in [0.3, 0.4) is 0 Å². The summed E-state index contributed by atoms with van der Waals surface area (Å²) in [5.41, 5.74) is -4.73. The highest BCUT2D eigenvalue weighted by atomic mass is 16.7. The molecule has 2 aliphatic rings. The van der Waals surface area contributed by atoms with Crippen molar-refractivity contribution in [3.63, 3.8) is 0 Å². The summed E-state index contributed by atoms with van der Waals surface area (Å²) in [5, 5.41) is 59.5. The number of aliphatic hydroxyl groups excluding tert-OH is 4. The van der Waals surface area contributed by atoms with Crippen LogP contribution in [-0.4, -0.2) is 99.5 Å². The van der Waals surface area contributed by atoms with E-state index in [0.29, 0.717) is 0 Å². The van der Waals surface area contributed by atoms with Gasteiger partial charge in [0, 0.05) is 7.11 Å². The Morgan fingerprint density at radius 2 is 1.70 bits per heavy atom. The molecule has 0 amide bonds. The Bertz CT molecular complexity index is 349. The summed E-state index contributed by atoms with van der Waals surface area (Å²) in [6.45, 7) is -1.72. The second-order valence-electron chi connectivity index (χ2n) is 5.10. The van der Waals surface area contributed by atoms with Crippen LogP contribution in [0.15, 0.2) is 0 Å². The lowest BCUT2D eigenvalue weighted by Crippen LogP contribution is -2.70. The van der Waals surface area contributed by atoms with Crippen molar-refractivity contribution in [2.24, 2.45) is 0 Å². The Labute approximate surface area is 114 Å². The molecule has 0 aromatic heterocycles. The summed E-state index contributed by atoms with van der Waals surface area (Å²) in [6, 6.07) is 0. The molecule has 2 heterocycles. The first-order valence-corrected chi connectivity index (χ1v) is 6.19. The first-order chi connectivity index (χ1) is 9.36. The molecular formula is C11H20O9. The molecule has 0 spiro atoms. The molecule has 2 saturated heterocycles. The number of rotatable bonds is 4. The average Bonchev–Trinajstić information content (AvgIpc) is 2.89. The second-order valence-corrected chi connectivity index (χ2v) is 5.10. The van der Waals surface area contributed by atoms with Gasteiger partial charge in [0.2, 0.25) is 0 Å². The third kappa shape index (κ3) is 1.90. The van der Waals surface area contributed by atoms with Gasteiger partial charge in [0.05, 0.1) is 19.8 Å². The molecule has 7 atom stereocenters. The number of methoxy groups -OCH3 is 1. The zero-order valence-electron chi connectivity index (χ0n) is 10.9. The van der Waals surface area contributed by atoms with Gasteiger partial charge < -0.3 is 44.8 Å². The van der Waals surface area contributed by atoms with Crippen LogP contribution in [0.2, 0.25) is 0 Å². The van der Waals surface area contributed by atoms with Crippen molar-refractivity contribution in [2.45, 2.75) is 41.9 Å². The van der Waals surface area contributed by atoms with Gasteiger partial charge in [-0.05, 0) is 0 Å². The van der Waals surface area contributed by atoms with Gasteiger partial charge in [0.1, 0.15) is 24.4 Å². The predicted molar refractivity (Wildman–Crippen MR) is 61.5 cm³/mol. The topological polar surface area (TPSA) is 149 Å². The van der Waals surface area contributed by atoms with E-state index in [2.05, 4.69) is 0 Å². The number of hydrogen-bond acceptors (Lipinski definition) is 9. The number of hydrogen-bond donors (Lipinski definition) is 6. The van der Waals surface area contributed by atoms with Gasteiger partial charge in [0.15, 0.2) is 17.5 Å². The monoisotopic (exact) mass is 296 g/mol. The van der Waals surface area contributed by atoms with E-state index in [1.54, 1.807) is 0 Å². The van der Waals surface area contributed by atoms with Crippen LogP contribution in [0.1, 0.15) is 0 Å². The summed E-state index contributed by atoms with van der Waals surface area (Å²) >= 11 is 0. The predicted octanol–water partition coefficient (Wildman–Crippen LogP) is -4.07. The largest absolute Gasteiger partial charge is 0.394 e. The first kappa shape index (κ1) is 16.0. The average molecular weight is 296 g/mol. The van der Waals surface area contributed by atoms with Gasteiger partial charge in [-0.3, -0.25) is 0 Å². The molecular weight excluding hydrogens is 276 g/mol. The van der Waals surface area contributed by atoms with Gasteiger partial charge in [-0.15, -0.1) is 0 Å². The molecule has 118 valence electrons. The molecule has 2 rings (SSSR count). The maximum Gasteiger partial charge on any atom is 0.192 e. The molecule has 9 nitrogen and oxygen atoms in total. The van der Waals surface area contributed by atoms with Crippen LogP contribution >= 0.6 is 0 Å². The van der Waals surface area contributed by atoms with E-state index in [4.69, 9.17) is 24.4 Å². The highest BCUT2D eigenvalue weighted by molar-refractivity contribution is 5.18. The maximum atomic E-state index is 10.7. The third-order valence-corrected chi connectivity index (χ3v) is 4.09. The highest BCUT2D eigenvalue weighted by Gasteiger charge is 2.71. The van der Waals surface area contributed by atoms with Gasteiger partial charge >= 0.3 is 0 Å². The van der Waals surface area contributed by atoms with Crippen molar-refractivity contribution in [3.8, 4) is 0 Å². The zero-order valence-corrected chi connectivity index (χ0v) is 10.9. The Balaban J connectivity index is 2.37. The number of aliphatic hydroxyl groups is 6. The van der Waals surface area contributed by atoms with E-state index in [-0.39, 0.29) is 0 Å². The lowest BCUT2D eigenvalue weighted by molar-refractivity contribution is -0.277. The van der Waals surface area contributed by atoms with Crippen LogP contribution in [0.25, 0.3) is 0 Å². The Morgan fingerprint density at radius 1 is 1.10 bits per heavy atom. The van der Waals surface area contributed by atoms with Crippen LogP contribution in [-0.2, 0) is 14.2 Å². The van der Waals surface area contributed by atoms with Crippen LogP contribution in [0, 0.1) is 0 Å². The molecule has 2 fully saturated rings. The minimum atomic E-state index is -2.42. The highest BCUT2D eigenvalue weighted by Crippen LogP contribution is 2.45. The van der Waals surface area contributed by atoms with E-state index < -0.39 is 61.7 Å². The molecule has 0 unspecified atom stereocenters. The molecule has 9 heteroatoms. The summed E-state index contributed by atoms with van der Waals surface area (Å²) in [6.07, 6.45) is -7.14. The summed E-state index contributed by atoms with van der Waals surface area (Å²) in [7, 11) is 1.18. The van der Waals surface area contributed by atoms with Crippen molar-refractivity contribution in [2.75, 3.05) is 26.9 Å². The zero-order chi connectivity index (χ0) is 15.1. The Kier molecular flexibility index (Phi) is 4.36. The minimum Gasteiger partial charge on any atom is -0.394 e. The molecule has 20 heavy (non-hydrogen) atoms. The van der Waals surface area contributed by atoms with Crippen LogP contribution in [0.4, 0.5) is 0 Å². The first-order valence-electron chi connectivity index (χ1n) is 6.19. The normalized spacial score (nSPS) is 52.6. The third-order valence-electron chi connectivity index (χ3n) is 4.09. The number of ether oxygens (including phenoxy) is 3. The molecule has 6 N–H and O–H groups in total.